The van der Waals surface area contributed by atoms with Crippen LogP contribution >= 0.6 is 0 Å². The minimum absolute atomic E-state index is 0.142. The van der Waals surface area contributed by atoms with Gasteiger partial charge >= 0.3 is 0 Å². The molecule has 0 radical (unpaired) electrons. The number of pyridine rings is 1. The van der Waals surface area contributed by atoms with Crippen molar-refractivity contribution in [1.29, 1.82) is 0 Å². The summed E-state index contributed by atoms with van der Waals surface area (Å²) in [6, 6.07) is 14.0. The van der Waals surface area contributed by atoms with Gasteiger partial charge in [-0.15, -0.1) is 0 Å². The van der Waals surface area contributed by atoms with E-state index in [0.29, 0.717) is 12.3 Å². The van der Waals surface area contributed by atoms with Gasteiger partial charge in [0.25, 0.3) is 0 Å². The molecule has 1 saturated heterocycles. The lowest BCUT2D eigenvalue weighted by Crippen LogP contribution is -2.12. The minimum Gasteiger partial charge on any atom is -0.330 e. The molecule has 3 aromatic rings. The molecule has 6 heteroatoms. The van der Waals surface area contributed by atoms with E-state index in [1.165, 1.54) is 0 Å². The smallest absolute Gasteiger partial charge is 0.150 e. The summed E-state index contributed by atoms with van der Waals surface area (Å²) in [6.07, 6.45) is 6.07. The third kappa shape index (κ3) is 3.35. The fourth-order valence-corrected chi connectivity index (χ4v) is 5.28. The maximum absolute atomic E-state index is 11.8. The van der Waals surface area contributed by atoms with Crippen LogP contribution in [-0.2, 0) is 16.4 Å². The van der Waals surface area contributed by atoms with Crippen LogP contribution in [-0.4, -0.2) is 34.5 Å². The number of sulfone groups is 1. The Morgan fingerprint density at radius 3 is 2.48 bits per heavy atom. The maximum Gasteiger partial charge on any atom is 0.150 e. The predicted molar refractivity (Wildman–Crippen MR) is 97.7 cm³/mol. The van der Waals surface area contributed by atoms with Crippen LogP contribution in [0.4, 0.5) is 0 Å². The summed E-state index contributed by atoms with van der Waals surface area (Å²) in [6.45, 7) is 0.663. The van der Waals surface area contributed by atoms with E-state index in [2.05, 4.69) is 14.5 Å². The van der Waals surface area contributed by atoms with Crippen LogP contribution in [0.1, 0.15) is 6.42 Å². The Morgan fingerprint density at radius 2 is 1.80 bits per heavy atom. The zero-order valence-corrected chi connectivity index (χ0v) is 14.6. The molecule has 1 aromatic carbocycles. The zero-order valence-electron chi connectivity index (χ0n) is 13.7. The van der Waals surface area contributed by atoms with Gasteiger partial charge in [0, 0.05) is 30.1 Å². The Hall–Kier alpha value is -2.47. The number of imidazole rings is 1. The van der Waals surface area contributed by atoms with Gasteiger partial charge in [0.1, 0.15) is 0 Å². The number of benzene rings is 1. The van der Waals surface area contributed by atoms with Crippen molar-refractivity contribution in [2.75, 3.05) is 11.5 Å². The summed E-state index contributed by atoms with van der Waals surface area (Å²) in [7, 11) is -2.88. The summed E-state index contributed by atoms with van der Waals surface area (Å²) in [5.41, 5.74) is 4.00. The van der Waals surface area contributed by atoms with E-state index in [1.54, 1.807) is 12.4 Å². The van der Waals surface area contributed by atoms with Crippen molar-refractivity contribution in [2.24, 2.45) is 5.92 Å². The summed E-state index contributed by atoms with van der Waals surface area (Å²) in [5, 5.41) is 0. The molecule has 0 spiro atoms. The van der Waals surface area contributed by atoms with E-state index in [4.69, 9.17) is 0 Å². The molecule has 0 bridgehead atoms. The first kappa shape index (κ1) is 16.0. The number of nitrogens with zero attached hydrogens (tertiary/aromatic N) is 3. The number of hydrogen-bond donors (Lipinski definition) is 0. The van der Waals surface area contributed by atoms with Gasteiger partial charge in [0.2, 0.25) is 0 Å². The first-order chi connectivity index (χ1) is 12.1. The largest absolute Gasteiger partial charge is 0.330 e. The second kappa shape index (κ2) is 6.44. The normalized spacial score (nSPS) is 19.1. The highest BCUT2D eigenvalue weighted by Gasteiger charge is 2.29. The highest BCUT2D eigenvalue weighted by molar-refractivity contribution is 7.91. The highest BCUT2D eigenvalue weighted by Crippen LogP contribution is 2.32. The quantitative estimate of drug-likeness (QED) is 0.723. The fourth-order valence-electron chi connectivity index (χ4n) is 3.43. The third-order valence-corrected chi connectivity index (χ3v) is 6.46. The van der Waals surface area contributed by atoms with Gasteiger partial charge in [-0.05, 0) is 24.5 Å². The molecule has 0 N–H and O–H groups in total. The standard InChI is InChI=1S/C19H19N3O2S/c23-25(24)11-8-15(13-25)12-22-14-21-18(16-4-2-1-3-5-16)19(22)17-6-9-20-10-7-17/h1-7,9-10,14-15H,8,11-13H2/t15-/m1/s1. The molecule has 128 valence electrons. The van der Waals surface area contributed by atoms with Crippen molar-refractivity contribution in [3.05, 3.63) is 61.2 Å². The Bertz CT molecular complexity index is 966. The molecule has 4 rings (SSSR count). The van der Waals surface area contributed by atoms with Gasteiger partial charge in [-0.2, -0.15) is 0 Å². The van der Waals surface area contributed by atoms with Gasteiger partial charge in [0.15, 0.2) is 9.84 Å². The van der Waals surface area contributed by atoms with Crippen molar-refractivity contribution in [3.8, 4) is 22.5 Å². The monoisotopic (exact) mass is 353 g/mol. The topological polar surface area (TPSA) is 64.8 Å². The van der Waals surface area contributed by atoms with E-state index in [-0.39, 0.29) is 11.7 Å². The second-order valence-corrected chi connectivity index (χ2v) is 8.69. The number of rotatable bonds is 4. The van der Waals surface area contributed by atoms with Gasteiger partial charge < -0.3 is 4.57 Å². The van der Waals surface area contributed by atoms with Crippen molar-refractivity contribution in [3.63, 3.8) is 0 Å². The molecule has 3 heterocycles. The zero-order chi connectivity index (χ0) is 17.3. The summed E-state index contributed by atoms with van der Waals surface area (Å²) < 4.78 is 25.6. The van der Waals surface area contributed by atoms with Crippen molar-refractivity contribution in [2.45, 2.75) is 13.0 Å². The van der Waals surface area contributed by atoms with Crippen LogP contribution in [0.3, 0.4) is 0 Å². The molecular formula is C19H19N3O2S. The average molecular weight is 353 g/mol. The summed E-state index contributed by atoms with van der Waals surface area (Å²) in [4.78, 5) is 8.73. The predicted octanol–water partition coefficient (Wildman–Crippen LogP) is 3.05. The lowest BCUT2D eigenvalue weighted by Gasteiger charge is -2.14. The Balaban J connectivity index is 1.76. The fraction of sp³-hybridized carbons (Fsp3) is 0.263. The molecule has 25 heavy (non-hydrogen) atoms. The van der Waals surface area contributed by atoms with Gasteiger partial charge in [0.05, 0.1) is 29.2 Å². The Labute approximate surface area is 147 Å². The molecular weight excluding hydrogens is 334 g/mol. The van der Waals surface area contributed by atoms with Gasteiger partial charge in [-0.25, -0.2) is 13.4 Å². The van der Waals surface area contributed by atoms with Crippen molar-refractivity contribution < 1.29 is 8.42 Å². The number of aromatic nitrogens is 3. The molecule has 0 unspecified atom stereocenters. The van der Waals surface area contributed by atoms with Crippen LogP contribution in [0.25, 0.3) is 22.5 Å². The lowest BCUT2D eigenvalue weighted by atomic mass is 10.0. The van der Waals surface area contributed by atoms with E-state index >= 15 is 0 Å². The molecule has 0 saturated carbocycles. The van der Waals surface area contributed by atoms with E-state index < -0.39 is 9.84 Å². The van der Waals surface area contributed by atoms with Crippen LogP contribution < -0.4 is 0 Å². The van der Waals surface area contributed by atoms with Crippen LogP contribution in [0.5, 0.6) is 0 Å². The average Bonchev–Trinajstić information content (AvgIpc) is 3.19. The molecule has 1 fully saturated rings. The van der Waals surface area contributed by atoms with Crippen LogP contribution in [0.15, 0.2) is 61.2 Å². The highest BCUT2D eigenvalue weighted by atomic mass is 32.2. The molecule has 1 aliphatic heterocycles. The summed E-state index contributed by atoms with van der Waals surface area (Å²) >= 11 is 0. The van der Waals surface area contributed by atoms with Gasteiger partial charge in [-0.3, -0.25) is 4.98 Å². The van der Waals surface area contributed by atoms with E-state index in [1.807, 2.05) is 48.8 Å². The first-order valence-electron chi connectivity index (χ1n) is 8.34. The first-order valence-corrected chi connectivity index (χ1v) is 10.2. The Kier molecular flexibility index (Phi) is 4.13. The van der Waals surface area contributed by atoms with Crippen LogP contribution in [0.2, 0.25) is 0 Å². The lowest BCUT2D eigenvalue weighted by molar-refractivity contribution is 0.493. The van der Waals surface area contributed by atoms with Crippen molar-refractivity contribution >= 4 is 9.84 Å². The molecule has 1 aliphatic rings. The number of hydrogen-bond acceptors (Lipinski definition) is 4. The second-order valence-electron chi connectivity index (χ2n) is 6.47. The maximum atomic E-state index is 11.8. The Morgan fingerprint density at radius 1 is 1.04 bits per heavy atom. The van der Waals surface area contributed by atoms with Gasteiger partial charge in [-0.1, -0.05) is 30.3 Å². The molecule has 2 aromatic heterocycles. The SMILES string of the molecule is O=S1(=O)CC[C@H](Cn2cnc(-c3ccccc3)c2-c2ccncc2)C1. The van der Waals surface area contributed by atoms with E-state index in [0.717, 1.165) is 28.9 Å². The van der Waals surface area contributed by atoms with Crippen molar-refractivity contribution in [1.82, 2.24) is 14.5 Å². The molecule has 0 amide bonds. The minimum atomic E-state index is -2.88. The molecule has 1 atom stereocenters. The molecule has 5 nitrogen and oxygen atoms in total. The van der Waals surface area contributed by atoms with Crippen LogP contribution in [0, 0.1) is 5.92 Å². The third-order valence-electron chi connectivity index (χ3n) is 4.62. The van der Waals surface area contributed by atoms with E-state index in [9.17, 15) is 8.42 Å². The molecule has 0 aliphatic carbocycles. The summed E-state index contributed by atoms with van der Waals surface area (Å²) in [5.74, 6) is 0.702.